The first-order valence-electron chi connectivity index (χ1n) is 6.77. The maximum absolute atomic E-state index is 10.9. The zero-order valence-corrected chi connectivity index (χ0v) is 12.2. The van der Waals surface area contributed by atoms with Crippen LogP contribution in [0.2, 0.25) is 5.02 Å². The predicted octanol–water partition coefficient (Wildman–Crippen LogP) is 3.91. The van der Waals surface area contributed by atoms with Crippen molar-refractivity contribution < 1.29 is 9.90 Å². The zero-order valence-electron chi connectivity index (χ0n) is 11.4. The number of anilines is 1. The van der Waals surface area contributed by atoms with Crippen molar-refractivity contribution in [2.24, 2.45) is 11.8 Å². The zero-order chi connectivity index (χ0) is 14.0. The average molecular weight is 282 g/mol. The summed E-state index contributed by atoms with van der Waals surface area (Å²) in [6, 6.07) is 5.21. The molecule has 0 spiro atoms. The fourth-order valence-electron chi connectivity index (χ4n) is 2.70. The highest BCUT2D eigenvalue weighted by atomic mass is 35.5. The van der Waals surface area contributed by atoms with Gasteiger partial charge < -0.3 is 10.0 Å². The first-order valence-corrected chi connectivity index (χ1v) is 7.14. The van der Waals surface area contributed by atoms with E-state index in [0.29, 0.717) is 5.02 Å². The number of benzene rings is 1. The largest absolute Gasteiger partial charge is 0.478 e. The van der Waals surface area contributed by atoms with Gasteiger partial charge in [0.15, 0.2) is 0 Å². The number of rotatable bonds is 3. The fraction of sp³-hybridized carbons (Fsp3) is 0.533. The molecule has 0 aromatic heterocycles. The van der Waals surface area contributed by atoms with Crippen molar-refractivity contribution in [1.82, 2.24) is 0 Å². The molecule has 1 aromatic carbocycles. The number of carboxylic acid groups (broad SMARTS) is 1. The number of carboxylic acids is 1. The number of carbonyl (C=O) groups is 1. The summed E-state index contributed by atoms with van der Waals surface area (Å²) in [6.45, 7) is 6.59. The number of piperidine rings is 1. The molecule has 1 fully saturated rings. The normalized spacial score (nSPS) is 16.9. The molecule has 0 saturated carbocycles. The molecule has 1 aliphatic rings. The molecule has 0 radical (unpaired) electrons. The molecule has 104 valence electrons. The van der Waals surface area contributed by atoms with Crippen LogP contribution in [0.1, 0.15) is 37.0 Å². The lowest BCUT2D eigenvalue weighted by Crippen LogP contribution is -2.35. The monoisotopic (exact) mass is 281 g/mol. The molecule has 2 rings (SSSR count). The van der Waals surface area contributed by atoms with E-state index in [0.717, 1.165) is 30.6 Å². The van der Waals surface area contributed by atoms with Gasteiger partial charge in [0.1, 0.15) is 0 Å². The minimum atomic E-state index is -0.977. The third-order valence-electron chi connectivity index (χ3n) is 4.03. The molecule has 19 heavy (non-hydrogen) atoms. The molecule has 1 aromatic rings. The molecule has 0 atom stereocenters. The third-order valence-corrected chi connectivity index (χ3v) is 4.34. The summed E-state index contributed by atoms with van der Waals surface area (Å²) >= 11 is 6.02. The van der Waals surface area contributed by atoms with Gasteiger partial charge in [0, 0.05) is 18.8 Å². The lowest BCUT2D eigenvalue weighted by atomic mass is 9.86. The van der Waals surface area contributed by atoms with Crippen LogP contribution in [0.3, 0.4) is 0 Å². The van der Waals surface area contributed by atoms with E-state index in [4.69, 9.17) is 16.7 Å². The van der Waals surface area contributed by atoms with Crippen LogP contribution in [0, 0.1) is 11.8 Å². The quantitative estimate of drug-likeness (QED) is 0.913. The summed E-state index contributed by atoms with van der Waals surface area (Å²) in [5.41, 5.74) is 1.19. The van der Waals surface area contributed by atoms with Crippen LogP contribution in [-0.2, 0) is 0 Å². The summed E-state index contributed by atoms with van der Waals surface area (Å²) in [5.74, 6) is 0.556. The highest BCUT2D eigenvalue weighted by Gasteiger charge is 2.22. The van der Waals surface area contributed by atoms with Crippen LogP contribution in [0.25, 0.3) is 0 Å². The number of nitrogens with zero attached hydrogens (tertiary/aromatic N) is 1. The topological polar surface area (TPSA) is 40.5 Å². The molecule has 1 heterocycles. The van der Waals surface area contributed by atoms with Crippen LogP contribution in [0.5, 0.6) is 0 Å². The van der Waals surface area contributed by atoms with E-state index >= 15 is 0 Å². The van der Waals surface area contributed by atoms with Gasteiger partial charge in [-0.15, -0.1) is 0 Å². The van der Waals surface area contributed by atoms with Crippen molar-refractivity contribution in [3.05, 3.63) is 28.8 Å². The molecule has 3 nitrogen and oxygen atoms in total. The van der Waals surface area contributed by atoms with Gasteiger partial charge in [-0.1, -0.05) is 25.4 Å². The van der Waals surface area contributed by atoms with Crippen molar-refractivity contribution in [3.8, 4) is 0 Å². The van der Waals surface area contributed by atoms with Crippen LogP contribution in [0.4, 0.5) is 5.69 Å². The molecular weight excluding hydrogens is 262 g/mol. The van der Waals surface area contributed by atoms with Gasteiger partial charge >= 0.3 is 5.97 Å². The molecule has 0 bridgehead atoms. The Morgan fingerprint density at radius 1 is 1.37 bits per heavy atom. The third kappa shape index (κ3) is 3.21. The molecule has 0 amide bonds. The van der Waals surface area contributed by atoms with E-state index in [1.54, 1.807) is 12.1 Å². The lowest BCUT2D eigenvalue weighted by Gasteiger charge is -2.35. The van der Waals surface area contributed by atoms with E-state index < -0.39 is 5.97 Å². The van der Waals surface area contributed by atoms with E-state index in [9.17, 15) is 4.79 Å². The highest BCUT2D eigenvalue weighted by molar-refractivity contribution is 6.33. The molecular formula is C15H20ClNO2. The fourth-order valence-corrected chi connectivity index (χ4v) is 2.95. The van der Waals surface area contributed by atoms with Crippen molar-refractivity contribution in [3.63, 3.8) is 0 Å². The van der Waals surface area contributed by atoms with Crippen molar-refractivity contribution >= 4 is 23.3 Å². The molecule has 1 saturated heterocycles. The van der Waals surface area contributed by atoms with Crippen LogP contribution in [-0.4, -0.2) is 24.2 Å². The van der Waals surface area contributed by atoms with Gasteiger partial charge in [0.25, 0.3) is 0 Å². The maximum Gasteiger partial charge on any atom is 0.337 e. The second-order valence-electron chi connectivity index (χ2n) is 5.54. The molecule has 1 N–H and O–H groups in total. The van der Waals surface area contributed by atoms with Crippen molar-refractivity contribution in [1.29, 1.82) is 0 Å². The SMILES string of the molecule is CC(C)C1CCN(c2ccc(C(=O)O)c(Cl)c2)CC1. The van der Waals surface area contributed by atoms with Crippen molar-refractivity contribution in [2.75, 3.05) is 18.0 Å². The Balaban J connectivity index is 2.08. The van der Waals surface area contributed by atoms with E-state index in [-0.39, 0.29) is 5.56 Å². The molecule has 0 unspecified atom stereocenters. The number of halogens is 1. The summed E-state index contributed by atoms with van der Waals surface area (Å²) in [7, 11) is 0. The number of hydrogen-bond acceptors (Lipinski definition) is 2. The summed E-state index contributed by atoms with van der Waals surface area (Å²) in [6.07, 6.45) is 2.38. The Labute approximate surface area is 119 Å². The van der Waals surface area contributed by atoms with E-state index in [1.165, 1.54) is 12.8 Å². The van der Waals surface area contributed by atoms with E-state index in [1.807, 2.05) is 6.07 Å². The standard InChI is InChI=1S/C15H20ClNO2/c1-10(2)11-5-7-17(8-6-11)12-3-4-13(15(18)19)14(16)9-12/h3-4,9-11H,5-8H2,1-2H3,(H,18,19). The molecule has 4 heteroatoms. The maximum atomic E-state index is 10.9. The summed E-state index contributed by atoms with van der Waals surface area (Å²) < 4.78 is 0. The number of hydrogen-bond donors (Lipinski definition) is 1. The van der Waals surface area contributed by atoms with Gasteiger partial charge in [-0.25, -0.2) is 4.79 Å². The first-order chi connectivity index (χ1) is 8.99. The average Bonchev–Trinajstić information content (AvgIpc) is 2.38. The van der Waals surface area contributed by atoms with Crippen LogP contribution >= 0.6 is 11.6 Å². The second kappa shape index (κ2) is 5.83. The van der Waals surface area contributed by atoms with Gasteiger partial charge in [0.2, 0.25) is 0 Å². The Morgan fingerprint density at radius 3 is 2.47 bits per heavy atom. The highest BCUT2D eigenvalue weighted by Crippen LogP contribution is 2.30. The Kier molecular flexibility index (Phi) is 4.35. The Bertz CT molecular complexity index is 465. The van der Waals surface area contributed by atoms with Gasteiger partial charge in [-0.2, -0.15) is 0 Å². The minimum Gasteiger partial charge on any atom is -0.478 e. The minimum absolute atomic E-state index is 0.169. The van der Waals surface area contributed by atoms with Gasteiger partial charge in [-0.05, 0) is 42.9 Å². The Hall–Kier alpha value is -1.22. The van der Waals surface area contributed by atoms with Crippen LogP contribution in [0.15, 0.2) is 18.2 Å². The first kappa shape index (κ1) is 14.2. The molecule has 1 aliphatic heterocycles. The van der Waals surface area contributed by atoms with Gasteiger partial charge in [0.05, 0.1) is 10.6 Å². The second-order valence-corrected chi connectivity index (χ2v) is 5.94. The van der Waals surface area contributed by atoms with Crippen LogP contribution < -0.4 is 4.90 Å². The lowest BCUT2D eigenvalue weighted by molar-refractivity contribution is 0.0697. The Morgan fingerprint density at radius 2 is 2.00 bits per heavy atom. The number of aromatic carboxylic acids is 1. The smallest absolute Gasteiger partial charge is 0.337 e. The van der Waals surface area contributed by atoms with Crippen molar-refractivity contribution in [2.45, 2.75) is 26.7 Å². The predicted molar refractivity (Wildman–Crippen MR) is 78.2 cm³/mol. The van der Waals surface area contributed by atoms with E-state index in [2.05, 4.69) is 18.7 Å². The molecule has 0 aliphatic carbocycles. The summed E-state index contributed by atoms with van der Waals surface area (Å²) in [5, 5.41) is 9.28. The van der Waals surface area contributed by atoms with Gasteiger partial charge in [-0.3, -0.25) is 0 Å². The summed E-state index contributed by atoms with van der Waals surface area (Å²) in [4.78, 5) is 13.2.